The summed E-state index contributed by atoms with van der Waals surface area (Å²) in [7, 11) is -3.84. The minimum Gasteiger partial charge on any atom is -0.493 e. The van der Waals surface area contributed by atoms with Gasteiger partial charge in [0.1, 0.15) is 5.75 Å². The third-order valence-corrected chi connectivity index (χ3v) is 11.3. The Labute approximate surface area is 289 Å². The number of carboxylic acids is 1. The Kier molecular flexibility index (Phi) is 9.94. The van der Waals surface area contributed by atoms with E-state index in [0.717, 1.165) is 17.4 Å². The number of ether oxygens (including phenoxy) is 1. The van der Waals surface area contributed by atoms with Gasteiger partial charge in [-0.2, -0.15) is 0 Å². The van der Waals surface area contributed by atoms with Gasteiger partial charge in [0.15, 0.2) is 15.5 Å². The number of hydrogen-bond acceptors (Lipinski definition) is 8. The number of rotatable bonds is 9. The quantitative estimate of drug-likeness (QED) is 0.284. The van der Waals surface area contributed by atoms with E-state index >= 15 is 4.79 Å². The van der Waals surface area contributed by atoms with E-state index in [1.54, 1.807) is 41.0 Å². The molecule has 0 saturated carbocycles. The summed E-state index contributed by atoms with van der Waals surface area (Å²) in [6.45, 7) is 6.93. The number of hydrogen-bond donors (Lipinski definition) is 3. The summed E-state index contributed by atoms with van der Waals surface area (Å²) < 4.78 is 32.1. The molecular weight excluding hydrogens is 687 g/mol. The molecule has 3 N–H and O–H groups in total. The van der Waals surface area contributed by atoms with E-state index in [9.17, 15) is 18.3 Å². The molecule has 0 aliphatic carbocycles. The van der Waals surface area contributed by atoms with Crippen LogP contribution in [0.2, 0.25) is 15.1 Å². The molecule has 3 atom stereocenters. The summed E-state index contributed by atoms with van der Waals surface area (Å²) in [6.07, 6.45) is 1.06. The standard InChI is InChI=1S/C33H37Cl3N4O6S/c1-5-46-27-19-26(36)28(47(4,44)45)18-25(27)33(30(43)40-16-14-39(15-17-40)20-29(41)42)37-31(2,21-6-10-23(34)11-7-21)32(3,38-33)22-8-12-24(35)13-9-22/h6-13,18-19,37-38H,5,14-17,20H2,1-4H3,(H,41,42)/t31-,32+,33?. The zero-order valence-corrected chi connectivity index (χ0v) is 29.5. The highest BCUT2D eigenvalue weighted by Gasteiger charge is 2.65. The smallest absolute Gasteiger partial charge is 0.317 e. The molecule has 2 aliphatic heterocycles. The summed E-state index contributed by atoms with van der Waals surface area (Å²) in [5, 5.41) is 17.7. The number of sulfone groups is 1. The van der Waals surface area contributed by atoms with Crippen molar-refractivity contribution in [3.05, 3.63) is 92.4 Å². The molecule has 252 valence electrons. The van der Waals surface area contributed by atoms with E-state index in [1.165, 1.54) is 12.1 Å². The lowest BCUT2D eigenvalue weighted by atomic mass is 9.72. The molecule has 0 spiro atoms. The average Bonchev–Trinajstić information content (AvgIpc) is 3.26. The van der Waals surface area contributed by atoms with E-state index in [2.05, 4.69) is 10.6 Å². The lowest BCUT2D eigenvalue weighted by Crippen LogP contribution is -2.63. The first-order chi connectivity index (χ1) is 22.0. The van der Waals surface area contributed by atoms with Crippen LogP contribution in [0.15, 0.2) is 65.6 Å². The minimum absolute atomic E-state index is 0.0384. The number of benzene rings is 3. The molecule has 0 aromatic heterocycles. The Hall–Kier alpha value is -2.90. The van der Waals surface area contributed by atoms with Crippen LogP contribution in [-0.2, 0) is 36.2 Å². The topological polar surface area (TPSA) is 128 Å². The van der Waals surface area contributed by atoms with Gasteiger partial charge in [-0.25, -0.2) is 8.42 Å². The van der Waals surface area contributed by atoms with Gasteiger partial charge >= 0.3 is 5.97 Å². The molecule has 3 aromatic carbocycles. The molecule has 10 nitrogen and oxygen atoms in total. The number of aliphatic carboxylic acids is 1. The number of nitrogens with zero attached hydrogens (tertiary/aromatic N) is 2. The van der Waals surface area contributed by atoms with Crippen molar-refractivity contribution in [2.75, 3.05) is 45.6 Å². The van der Waals surface area contributed by atoms with Crippen LogP contribution in [0.3, 0.4) is 0 Å². The highest BCUT2D eigenvalue weighted by Crippen LogP contribution is 2.52. The van der Waals surface area contributed by atoms with E-state index < -0.39 is 38.5 Å². The van der Waals surface area contributed by atoms with Gasteiger partial charge in [-0.15, -0.1) is 0 Å². The summed E-state index contributed by atoms with van der Waals surface area (Å²) in [6, 6.07) is 17.4. The van der Waals surface area contributed by atoms with Gasteiger partial charge in [0.2, 0.25) is 0 Å². The first kappa shape index (κ1) is 35.4. The van der Waals surface area contributed by atoms with E-state index in [4.69, 9.17) is 39.5 Å². The molecule has 0 radical (unpaired) electrons. The maximum atomic E-state index is 15.2. The molecule has 0 bridgehead atoms. The number of carboxylic acid groups (broad SMARTS) is 1. The van der Waals surface area contributed by atoms with E-state index in [1.807, 2.05) is 38.1 Å². The Balaban J connectivity index is 1.78. The van der Waals surface area contributed by atoms with Crippen LogP contribution in [0.1, 0.15) is 37.5 Å². The van der Waals surface area contributed by atoms with E-state index in [0.29, 0.717) is 23.1 Å². The van der Waals surface area contributed by atoms with Crippen molar-refractivity contribution in [3.63, 3.8) is 0 Å². The Bertz CT molecular complexity index is 1720. The van der Waals surface area contributed by atoms with Gasteiger partial charge in [0, 0.05) is 54.1 Å². The number of carbonyl (C=O) groups is 2. The van der Waals surface area contributed by atoms with Crippen molar-refractivity contribution in [1.29, 1.82) is 0 Å². The second-order valence-corrected chi connectivity index (χ2v) is 15.5. The van der Waals surface area contributed by atoms with Crippen molar-refractivity contribution in [3.8, 4) is 5.75 Å². The average molecular weight is 724 g/mol. The molecule has 2 heterocycles. The fourth-order valence-electron chi connectivity index (χ4n) is 6.60. The number of nitrogens with one attached hydrogen (secondary N) is 2. The first-order valence-electron chi connectivity index (χ1n) is 15.1. The molecule has 2 fully saturated rings. The summed E-state index contributed by atoms with van der Waals surface area (Å²) in [5.41, 5.74) is -2.03. The molecule has 47 heavy (non-hydrogen) atoms. The highest BCUT2D eigenvalue weighted by molar-refractivity contribution is 7.90. The molecule has 1 amide bonds. The van der Waals surface area contributed by atoms with Crippen molar-refractivity contribution in [1.82, 2.24) is 20.4 Å². The fourth-order valence-corrected chi connectivity index (χ4v) is 8.17. The molecule has 2 saturated heterocycles. The van der Waals surface area contributed by atoms with Gasteiger partial charge in [-0.1, -0.05) is 59.1 Å². The number of amides is 1. The maximum Gasteiger partial charge on any atom is 0.317 e. The monoisotopic (exact) mass is 722 g/mol. The highest BCUT2D eigenvalue weighted by atomic mass is 35.5. The second-order valence-electron chi connectivity index (χ2n) is 12.2. The summed E-state index contributed by atoms with van der Waals surface area (Å²) in [4.78, 5) is 29.8. The van der Waals surface area contributed by atoms with Crippen LogP contribution in [-0.4, -0.2) is 80.8 Å². The molecule has 2 aliphatic rings. The van der Waals surface area contributed by atoms with Crippen LogP contribution in [0.4, 0.5) is 0 Å². The van der Waals surface area contributed by atoms with Crippen molar-refractivity contribution in [2.45, 2.75) is 42.4 Å². The first-order valence-corrected chi connectivity index (χ1v) is 18.1. The van der Waals surface area contributed by atoms with Crippen LogP contribution >= 0.6 is 34.8 Å². The predicted molar refractivity (Wildman–Crippen MR) is 182 cm³/mol. The third-order valence-electron chi connectivity index (χ3n) is 9.19. The normalized spacial score (nSPS) is 25.1. The fraction of sp³-hybridized carbons (Fsp3) is 0.394. The third kappa shape index (κ3) is 6.59. The van der Waals surface area contributed by atoms with Gasteiger partial charge in [0.25, 0.3) is 5.91 Å². The SMILES string of the molecule is CCOc1cc(Cl)c(S(C)(=O)=O)cc1C1(C(=O)N2CCN(CC(=O)O)CC2)N[C@@](C)(c2ccc(Cl)cc2)[C@@](C)(c2ccc(Cl)cc2)N1. The lowest BCUT2D eigenvalue weighted by molar-refractivity contribution is -0.143. The summed E-state index contributed by atoms with van der Waals surface area (Å²) in [5.74, 6) is -1.12. The number of carbonyl (C=O) groups excluding carboxylic acids is 1. The molecule has 14 heteroatoms. The van der Waals surface area contributed by atoms with E-state index in [-0.39, 0.29) is 47.5 Å². The summed E-state index contributed by atoms with van der Waals surface area (Å²) >= 11 is 19.1. The van der Waals surface area contributed by atoms with Crippen molar-refractivity contribution < 1.29 is 27.9 Å². The van der Waals surface area contributed by atoms with Crippen LogP contribution < -0.4 is 15.4 Å². The second kappa shape index (κ2) is 13.2. The van der Waals surface area contributed by atoms with Gasteiger partial charge < -0.3 is 14.7 Å². The van der Waals surface area contributed by atoms with Crippen molar-refractivity contribution in [2.24, 2.45) is 0 Å². The lowest BCUT2D eigenvalue weighted by Gasteiger charge is -2.41. The largest absolute Gasteiger partial charge is 0.493 e. The number of piperazine rings is 1. The minimum atomic E-state index is -3.84. The number of halogens is 3. The van der Waals surface area contributed by atoms with Gasteiger partial charge in [-0.05, 0) is 62.2 Å². The zero-order chi connectivity index (χ0) is 34.4. The van der Waals surface area contributed by atoms with Crippen LogP contribution in [0, 0.1) is 0 Å². The zero-order valence-electron chi connectivity index (χ0n) is 26.4. The molecule has 3 aromatic rings. The van der Waals surface area contributed by atoms with Crippen LogP contribution in [0.25, 0.3) is 0 Å². The molecule has 1 unspecified atom stereocenters. The predicted octanol–water partition coefficient (Wildman–Crippen LogP) is 4.85. The Morgan fingerprint density at radius 3 is 1.79 bits per heavy atom. The molecule has 5 rings (SSSR count). The van der Waals surface area contributed by atoms with Gasteiger partial charge in [0.05, 0.1) is 34.1 Å². The van der Waals surface area contributed by atoms with Crippen LogP contribution in [0.5, 0.6) is 5.75 Å². The Morgan fingerprint density at radius 2 is 1.36 bits per heavy atom. The van der Waals surface area contributed by atoms with Gasteiger partial charge in [-0.3, -0.25) is 25.1 Å². The molecular formula is C33H37Cl3N4O6S. The maximum absolute atomic E-state index is 15.2. The van der Waals surface area contributed by atoms with Crippen molar-refractivity contribution >= 4 is 56.5 Å². The Morgan fingerprint density at radius 1 is 0.872 bits per heavy atom.